The van der Waals surface area contributed by atoms with Gasteiger partial charge in [0.1, 0.15) is 5.69 Å². The van der Waals surface area contributed by atoms with Crippen molar-refractivity contribution >= 4 is 21.9 Å². The average molecular weight is 432 g/mol. The Morgan fingerprint density at radius 3 is 2.67 bits per heavy atom. The summed E-state index contributed by atoms with van der Waals surface area (Å²) < 4.78 is 0. The minimum Gasteiger partial charge on any atom is -0.337 e. The predicted molar refractivity (Wildman–Crippen MR) is 130 cm³/mol. The molecule has 0 saturated carbocycles. The zero-order valence-corrected chi connectivity index (χ0v) is 18.0. The number of hydrogen-bond acceptors (Lipinski definition) is 5. The molecule has 7 heteroatoms. The van der Waals surface area contributed by atoms with E-state index in [2.05, 4.69) is 60.8 Å². The molecule has 0 aliphatic carbocycles. The summed E-state index contributed by atoms with van der Waals surface area (Å²) in [4.78, 5) is 17.1. The Hall–Kier alpha value is -4.36. The normalized spacial score (nSPS) is 11.4. The summed E-state index contributed by atoms with van der Waals surface area (Å²) in [5, 5.41) is 11.9. The fraction of sp³-hybridized carbons (Fsp3) is 0.0769. The van der Waals surface area contributed by atoms with Crippen LogP contribution >= 0.6 is 0 Å². The quantitative estimate of drug-likeness (QED) is 0.359. The first-order chi connectivity index (χ1) is 16.3. The standard InChI is InChI=1S/C26H21N7/c1-27-12-16-10-19(15-29-13-16)17-7-8-22-21(11-17)25(33-32-22)26-30-23-6-2-5-20(24(23)31-26)18-4-3-9-28-14-18/h2-11,13-15,27H,12H2,1H3,(H,30,31)(H,32,33). The van der Waals surface area contributed by atoms with Gasteiger partial charge in [0.2, 0.25) is 0 Å². The molecule has 0 amide bonds. The Bertz CT molecular complexity index is 1580. The van der Waals surface area contributed by atoms with Crippen LogP contribution in [0.4, 0.5) is 0 Å². The van der Waals surface area contributed by atoms with Crippen molar-refractivity contribution < 1.29 is 0 Å². The van der Waals surface area contributed by atoms with Crippen molar-refractivity contribution in [3.05, 3.63) is 84.9 Å². The molecule has 4 heterocycles. The predicted octanol–water partition coefficient (Wildman–Crippen LogP) is 4.95. The first-order valence-electron chi connectivity index (χ1n) is 10.8. The molecule has 0 fully saturated rings. The maximum absolute atomic E-state index is 4.94. The molecule has 0 atom stereocenters. The lowest BCUT2D eigenvalue weighted by molar-refractivity contribution is 0.813. The second kappa shape index (κ2) is 7.96. The largest absolute Gasteiger partial charge is 0.337 e. The smallest absolute Gasteiger partial charge is 0.159 e. The molecule has 6 rings (SSSR count). The Kier molecular flexibility index (Phi) is 4.66. The maximum atomic E-state index is 4.94. The van der Waals surface area contributed by atoms with E-state index in [9.17, 15) is 0 Å². The van der Waals surface area contributed by atoms with Crippen molar-refractivity contribution in [2.45, 2.75) is 6.54 Å². The van der Waals surface area contributed by atoms with E-state index in [-0.39, 0.29) is 0 Å². The van der Waals surface area contributed by atoms with Gasteiger partial charge in [0, 0.05) is 53.4 Å². The van der Waals surface area contributed by atoms with Gasteiger partial charge in [-0.05, 0) is 48.5 Å². The fourth-order valence-electron chi connectivity index (χ4n) is 4.22. The molecule has 6 aromatic rings. The summed E-state index contributed by atoms with van der Waals surface area (Å²) in [6, 6.07) is 18.5. The Balaban J connectivity index is 1.47. The molecule has 0 spiro atoms. The SMILES string of the molecule is CNCc1cncc(-c2ccc3[nH]nc(-c4nc5c(-c6cccnc6)cccc5[nH]4)c3c2)c1. The number of fused-ring (bicyclic) bond motifs is 2. The summed E-state index contributed by atoms with van der Waals surface area (Å²) in [6.45, 7) is 0.776. The van der Waals surface area contributed by atoms with Gasteiger partial charge < -0.3 is 10.3 Å². The van der Waals surface area contributed by atoms with Crippen LogP contribution in [0, 0.1) is 0 Å². The number of nitrogens with one attached hydrogen (secondary N) is 3. The highest BCUT2D eigenvalue weighted by atomic mass is 15.1. The molecule has 0 radical (unpaired) electrons. The first-order valence-corrected chi connectivity index (χ1v) is 10.8. The number of aromatic nitrogens is 6. The highest BCUT2D eigenvalue weighted by Crippen LogP contribution is 2.33. The highest BCUT2D eigenvalue weighted by Gasteiger charge is 2.16. The van der Waals surface area contributed by atoms with E-state index in [1.54, 1.807) is 6.20 Å². The zero-order chi connectivity index (χ0) is 22.2. The average Bonchev–Trinajstić information content (AvgIpc) is 3.48. The number of nitrogens with zero attached hydrogens (tertiary/aromatic N) is 4. The maximum Gasteiger partial charge on any atom is 0.159 e. The van der Waals surface area contributed by atoms with E-state index in [4.69, 9.17) is 4.98 Å². The number of imidazole rings is 1. The molecule has 0 aliphatic heterocycles. The molecule has 33 heavy (non-hydrogen) atoms. The number of hydrogen-bond donors (Lipinski definition) is 3. The molecule has 3 N–H and O–H groups in total. The zero-order valence-electron chi connectivity index (χ0n) is 18.0. The van der Waals surface area contributed by atoms with Crippen LogP contribution < -0.4 is 5.32 Å². The van der Waals surface area contributed by atoms with Crippen LogP contribution in [0.25, 0.3) is 55.7 Å². The molecular formula is C26H21N7. The van der Waals surface area contributed by atoms with Crippen molar-refractivity contribution in [1.82, 2.24) is 35.5 Å². The van der Waals surface area contributed by atoms with Crippen LogP contribution in [0.2, 0.25) is 0 Å². The van der Waals surface area contributed by atoms with E-state index in [0.717, 1.165) is 67.8 Å². The molecule has 4 aromatic heterocycles. The highest BCUT2D eigenvalue weighted by molar-refractivity contribution is 5.98. The van der Waals surface area contributed by atoms with Crippen molar-refractivity contribution in [2.24, 2.45) is 0 Å². The van der Waals surface area contributed by atoms with Gasteiger partial charge in [-0.25, -0.2) is 4.98 Å². The second-order valence-electron chi connectivity index (χ2n) is 7.97. The number of rotatable bonds is 5. The van der Waals surface area contributed by atoms with E-state index in [1.807, 2.05) is 49.9 Å². The molecule has 0 unspecified atom stereocenters. The van der Waals surface area contributed by atoms with Crippen LogP contribution in [0.5, 0.6) is 0 Å². The summed E-state index contributed by atoms with van der Waals surface area (Å²) >= 11 is 0. The molecule has 2 aromatic carbocycles. The van der Waals surface area contributed by atoms with E-state index < -0.39 is 0 Å². The molecule has 160 valence electrons. The van der Waals surface area contributed by atoms with Gasteiger partial charge in [0.05, 0.1) is 16.6 Å². The van der Waals surface area contributed by atoms with Crippen LogP contribution in [-0.2, 0) is 6.54 Å². The summed E-state index contributed by atoms with van der Waals surface area (Å²) in [6.07, 6.45) is 7.41. The van der Waals surface area contributed by atoms with Gasteiger partial charge in [-0.15, -0.1) is 0 Å². The molecule has 0 aliphatic rings. The molecule has 0 bridgehead atoms. The van der Waals surface area contributed by atoms with Crippen LogP contribution in [0.15, 0.2) is 79.4 Å². The van der Waals surface area contributed by atoms with Gasteiger partial charge in [-0.3, -0.25) is 15.1 Å². The Labute approximate surface area is 190 Å². The number of H-pyrrole nitrogens is 2. The Morgan fingerprint density at radius 1 is 0.848 bits per heavy atom. The lowest BCUT2D eigenvalue weighted by atomic mass is 10.0. The third-order valence-electron chi connectivity index (χ3n) is 5.78. The number of aromatic amines is 2. The van der Waals surface area contributed by atoms with Crippen LogP contribution in [-0.4, -0.2) is 37.2 Å². The lowest BCUT2D eigenvalue weighted by Gasteiger charge is -2.05. The number of benzene rings is 2. The minimum absolute atomic E-state index is 0.729. The number of para-hydroxylation sites is 1. The second-order valence-corrected chi connectivity index (χ2v) is 7.97. The lowest BCUT2D eigenvalue weighted by Crippen LogP contribution is -2.05. The van der Waals surface area contributed by atoms with Gasteiger partial charge in [-0.2, -0.15) is 5.10 Å². The van der Waals surface area contributed by atoms with E-state index in [1.165, 1.54) is 0 Å². The van der Waals surface area contributed by atoms with Crippen molar-refractivity contribution in [3.8, 4) is 33.8 Å². The fourth-order valence-corrected chi connectivity index (χ4v) is 4.22. The van der Waals surface area contributed by atoms with E-state index in [0.29, 0.717) is 0 Å². The van der Waals surface area contributed by atoms with Crippen molar-refractivity contribution in [1.29, 1.82) is 0 Å². The van der Waals surface area contributed by atoms with Gasteiger partial charge in [-0.1, -0.05) is 24.3 Å². The first kappa shape index (κ1) is 19.3. The van der Waals surface area contributed by atoms with Crippen molar-refractivity contribution in [2.75, 3.05) is 7.05 Å². The third kappa shape index (κ3) is 3.44. The number of pyridine rings is 2. The van der Waals surface area contributed by atoms with Gasteiger partial charge >= 0.3 is 0 Å². The summed E-state index contributed by atoms with van der Waals surface area (Å²) in [5.74, 6) is 0.729. The Morgan fingerprint density at radius 2 is 1.79 bits per heavy atom. The monoisotopic (exact) mass is 431 g/mol. The van der Waals surface area contributed by atoms with Gasteiger partial charge in [0.25, 0.3) is 0 Å². The summed E-state index contributed by atoms with van der Waals surface area (Å²) in [5.41, 5.74) is 8.98. The molecule has 0 saturated heterocycles. The van der Waals surface area contributed by atoms with Crippen LogP contribution in [0.3, 0.4) is 0 Å². The molecule has 7 nitrogen and oxygen atoms in total. The van der Waals surface area contributed by atoms with E-state index >= 15 is 0 Å². The summed E-state index contributed by atoms with van der Waals surface area (Å²) in [7, 11) is 1.93. The topological polar surface area (TPSA) is 95.2 Å². The van der Waals surface area contributed by atoms with Gasteiger partial charge in [0.15, 0.2) is 5.82 Å². The molecular weight excluding hydrogens is 410 g/mol. The third-order valence-corrected chi connectivity index (χ3v) is 5.78. The minimum atomic E-state index is 0.729. The van der Waals surface area contributed by atoms with Crippen molar-refractivity contribution in [3.63, 3.8) is 0 Å². The van der Waals surface area contributed by atoms with Crippen LogP contribution in [0.1, 0.15) is 5.56 Å².